The highest BCUT2D eigenvalue weighted by Gasteiger charge is 2.34. The Bertz CT molecular complexity index is 837. The molecule has 2 aromatic rings. The van der Waals surface area contributed by atoms with Gasteiger partial charge in [-0.15, -0.1) is 0 Å². The number of benzene rings is 1. The van der Waals surface area contributed by atoms with Crippen LogP contribution < -0.4 is 10.9 Å². The van der Waals surface area contributed by atoms with Crippen molar-refractivity contribution in [3.05, 3.63) is 64.9 Å². The first-order chi connectivity index (χ1) is 13.6. The van der Waals surface area contributed by atoms with Crippen molar-refractivity contribution in [2.24, 2.45) is 0 Å². The minimum Gasteiger partial charge on any atom is -0.338 e. The van der Waals surface area contributed by atoms with Crippen molar-refractivity contribution in [2.45, 2.75) is 18.5 Å². The number of aromatic nitrogens is 1. The first-order valence-electron chi connectivity index (χ1n) is 9.36. The van der Waals surface area contributed by atoms with Gasteiger partial charge in [0.1, 0.15) is 6.04 Å². The largest absolute Gasteiger partial charge is 0.338 e. The van der Waals surface area contributed by atoms with Gasteiger partial charge in [0.2, 0.25) is 5.91 Å². The number of nitrogens with one attached hydrogen (secondary N) is 2. The molecule has 28 heavy (non-hydrogen) atoms. The summed E-state index contributed by atoms with van der Waals surface area (Å²) in [5, 5.41) is 0.606. The second kappa shape index (κ2) is 8.26. The molecule has 2 amide bonds. The molecule has 146 valence electrons. The van der Waals surface area contributed by atoms with E-state index in [0.29, 0.717) is 43.2 Å². The fourth-order valence-corrected chi connectivity index (χ4v) is 3.78. The molecule has 2 fully saturated rings. The van der Waals surface area contributed by atoms with Crippen LogP contribution in [0.2, 0.25) is 5.02 Å². The van der Waals surface area contributed by atoms with E-state index in [2.05, 4.69) is 15.8 Å². The van der Waals surface area contributed by atoms with Gasteiger partial charge in [-0.3, -0.25) is 14.6 Å². The number of piperazine rings is 1. The van der Waals surface area contributed by atoms with Gasteiger partial charge in [-0.1, -0.05) is 11.6 Å². The smallest absolute Gasteiger partial charge is 0.253 e. The second-order valence-corrected chi connectivity index (χ2v) is 7.47. The number of carbonyl (C=O) groups is 2. The molecule has 1 aromatic heterocycles. The molecule has 0 bridgehead atoms. The Hall–Kier alpha value is -2.48. The van der Waals surface area contributed by atoms with Crippen LogP contribution in [0.25, 0.3) is 0 Å². The van der Waals surface area contributed by atoms with Gasteiger partial charge in [0, 0.05) is 55.2 Å². The normalized spacial score (nSPS) is 22.3. The highest BCUT2D eigenvalue weighted by atomic mass is 35.5. The molecule has 0 radical (unpaired) electrons. The van der Waals surface area contributed by atoms with Gasteiger partial charge in [-0.25, -0.2) is 10.9 Å². The number of pyridine rings is 1. The molecule has 2 N–H and O–H groups in total. The maximum atomic E-state index is 12.9. The zero-order valence-electron chi connectivity index (χ0n) is 15.3. The number of amides is 2. The molecule has 0 saturated carbocycles. The molecular formula is C20H22ClN5O2. The first kappa shape index (κ1) is 18.9. The molecule has 2 aliphatic heterocycles. The summed E-state index contributed by atoms with van der Waals surface area (Å²) in [4.78, 5) is 33.1. The van der Waals surface area contributed by atoms with Crippen LogP contribution >= 0.6 is 11.6 Å². The molecule has 2 unspecified atom stereocenters. The van der Waals surface area contributed by atoms with Gasteiger partial charge < -0.3 is 9.80 Å². The maximum absolute atomic E-state index is 12.9. The van der Waals surface area contributed by atoms with Gasteiger partial charge in [-0.05, 0) is 48.4 Å². The minimum atomic E-state index is -0.267. The molecule has 1 aromatic carbocycles. The van der Waals surface area contributed by atoms with Gasteiger partial charge in [0.15, 0.2) is 0 Å². The molecule has 2 aliphatic rings. The fraction of sp³-hybridized carbons (Fsp3) is 0.350. The first-order valence-corrected chi connectivity index (χ1v) is 9.74. The van der Waals surface area contributed by atoms with E-state index in [9.17, 15) is 9.59 Å². The van der Waals surface area contributed by atoms with Crippen molar-refractivity contribution >= 4 is 23.4 Å². The lowest BCUT2D eigenvalue weighted by Crippen LogP contribution is -2.54. The van der Waals surface area contributed by atoms with E-state index in [1.807, 2.05) is 17.0 Å². The highest BCUT2D eigenvalue weighted by molar-refractivity contribution is 6.30. The van der Waals surface area contributed by atoms with Crippen LogP contribution in [-0.4, -0.2) is 58.8 Å². The Morgan fingerprint density at radius 2 is 1.57 bits per heavy atom. The Morgan fingerprint density at radius 1 is 0.929 bits per heavy atom. The van der Waals surface area contributed by atoms with Crippen molar-refractivity contribution in [2.75, 3.05) is 26.2 Å². The highest BCUT2D eigenvalue weighted by Crippen LogP contribution is 2.23. The van der Waals surface area contributed by atoms with Crippen molar-refractivity contribution < 1.29 is 9.59 Å². The third kappa shape index (κ3) is 4.01. The third-order valence-electron chi connectivity index (χ3n) is 5.28. The summed E-state index contributed by atoms with van der Waals surface area (Å²) >= 11 is 5.88. The Kier molecular flexibility index (Phi) is 5.57. The number of carbonyl (C=O) groups excluding carboxylic acids is 2. The van der Waals surface area contributed by atoms with E-state index in [-0.39, 0.29) is 23.9 Å². The van der Waals surface area contributed by atoms with Crippen LogP contribution in [0, 0.1) is 0 Å². The molecule has 0 spiro atoms. The van der Waals surface area contributed by atoms with Crippen LogP contribution in [0.1, 0.15) is 28.4 Å². The van der Waals surface area contributed by atoms with Crippen molar-refractivity contribution in [1.29, 1.82) is 0 Å². The molecule has 8 heteroatoms. The van der Waals surface area contributed by atoms with Crippen molar-refractivity contribution in [1.82, 2.24) is 25.6 Å². The standard InChI is InChI=1S/C20H22ClN5O2/c21-16-3-1-15(2-4-16)19(27)25-9-11-26(12-10-25)20(28)18-13-17(23-24-18)14-5-7-22-8-6-14/h1-8,17-18,23-24H,9-13H2. The Morgan fingerprint density at radius 3 is 2.25 bits per heavy atom. The van der Waals surface area contributed by atoms with Crippen LogP contribution in [0.3, 0.4) is 0 Å². The topological polar surface area (TPSA) is 77.6 Å². The number of hydrogen-bond donors (Lipinski definition) is 2. The quantitative estimate of drug-likeness (QED) is 0.820. The summed E-state index contributed by atoms with van der Waals surface area (Å²) < 4.78 is 0. The summed E-state index contributed by atoms with van der Waals surface area (Å²) in [5.74, 6) is 0.0461. The molecule has 0 aliphatic carbocycles. The van der Waals surface area contributed by atoms with Crippen LogP contribution in [0.5, 0.6) is 0 Å². The molecule has 3 heterocycles. The number of hydrogen-bond acceptors (Lipinski definition) is 5. The van der Waals surface area contributed by atoms with Crippen molar-refractivity contribution in [3.8, 4) is 0 Å². The lowest BCUT2D eigenvalue weighted by Gasteiger charge is -2.36. The molecule has 2 saturated heterocycles. The fourth-order valence-electron chi connectivity index (χ4n) is 3.66. The van der Waals surface area contributed by atoms with Crippen molar-refractivity contribution in [3.63, 3.8) is 0 Å². The summed E-state index contributed by atoms with van der Waals surface area (Å²) in [6.07, 6.45) is 4.19. The number of nitrogens with zero attached hydrogens (tertiary/aromatic N) is 3. The average molecular weight is 400 g/mol. The summed E-state index contributed by atoms with van der Waals surface area (Å²) in [6, 6.07) is 10.6. The summed E-state index contributed by atoms with van der Waals surface area (Å²) in [5.41, 5.74) is 8.03. The second-order valence-electron chi connectivity index (χ2n) is 7.03. The maximum Gasteiger partial charge on any atom is 0.253 e. The van der Waals surface area contributed by atoms with E-state index in [1.165, 1.54) is 0 Å². The van der Waals surface area contributed by atoms with Gasteiger partial charge in [0.05, 0.1) is 0 Å². The molecule has 4 rings (SSSR count). The summed E-state index contributed by atoms with van der Waals surface area (Å²) in [6.45, 7) is 2.13. The van der Waals surface area contributed by atoms with E-state index < -0.39 is 0 Å². The lowest BCUT2D eigenvalue weighted by atomic mass is 10.0. The zero-order chi connectivity index (χ0) is 19.5. The van der Waals surface area contributed by atoms with Gasteiger partial charge >= 0.3 is 0 Å². The van der Waals surface area contributed by atoms with Crippen LogP contribution in [0.4, 0.5) is 0 Å². The van der Waals surface area contributed by atoms with E-state index in [1.54, 1.807) is 41.6 Å². The summed E-state index contributed by atoms with van der Waals surface area (Å²) in [7, 11) is 0. The van der Waals surface area contributed by atoms with Gasteiger partial charge in [-0.2, -0.15) is 0 Å². The average Bonchev–Trinajstić information content (AvgIpc) is 3.24. The van der Waals surface area contributed by atoms with E-state index in [0.717, 1.165) is 5.56 Å². The Balaban J connectivity index is 1.31. The Labute approximate surface area is 168 Å². The monoisotopic (exact) mass is 399 g/mol. The number of halogens is 1. The predicted molar refractivity (Wildman–Crippen MR) is 106 cm³/mol. The lowest BCUT2D eigenvalue weighted by molar-refractivity contribution is -0.134. The molecular weight excluding hydrogens is 378 g/mol. The van der Waals surface area contributed by atoms with Crippen LogP contribution in [0.15, 0.2) is 48.8 Å². The van der Waals surface area contributed by atoms with Crippen LogP contribution in [-0.2, 0) is 4.79 Å². The number of rotatable bonds is 3. The molecule has 7 nitrogen and oxygen atoms in total. The van der Waals surface area contributed by atoms with E-state index in [4.69, 9.17) is 11.6 Å². The SMILES string of the molecule is O=C(c1ccc(Cl)cc1)N1CCN(C(=O)C2CC(c3ccncc3)NN2)CC1. The van der Waals surface area contributed by atoms with E-state index >= 15 is 0 Å². The molecule has 2 atom stereocenters. The third-order valence-corrected chi connectivity index (χ3v) is 5.53. The predicted octanol–water partition coefficient (Wildman–Crippen LogP) is 1.63. The minimum absolute atomic E-state index is 0.0258. The zero-order valence-corrected chi connectivity index (χ0v) is 16.1. The van der Waals surface area contributed by atoms with Gasteiger partial charge in [0.25, 0.3) is 5.91 Å². The number of hydrazine groups is 1.